The minimum Gasteiger partial charge on any atom is -0.361 e. The number of amides is 1. The van der Waals surface area contributed by atoms with Crippen molar-refractivity contribution >= 4 is 44.1 Å². The van der Waals surface area contributed by atoms with Crippen LogP contribution in [0, 0.1) is 5.92 Å². The van der Waals surface area contributed by atoms with Crippen LogP contribution in [0.4, 0.5) is 5.82 Å². The lowest BCUT2D eigenvalue weighted by Crippen LogP contribution is -2.25. The van der Waals surface area contributed by atoms with E-state index in [9.17, 15) is 13.2 Å². The molecule has 2 heterocycles. The number of carbonyl (C=O) groups is 1. The maximum Gasteiger partial charge on any atom is 0.233 e. The van der Waals surface area contributed by atoms with Gasteiger partial charge in [0.15, 0.2) is 15.7 Å². The number of halogens is 1. The van der Waals surface area contributed by atoms with Gasteiger partial charge in [0.05, 0.1) is 33.9 Å². The van der Waals surface area contributed by atoms with E-state index in [2.05, 4.69) is 20.3 Å². The van der Waals surface area contributed by atoms with Crippen LogP contribution in [0.3, 0.4) is 0 Å². The highest BCUT2D eigenvalue weighted by molar-refractivity contribution is 7.90. The second kappa shape index (κ2) is 10.0. The molecule has 0 bridgehead atoms. The Morgan fingerprint density at radius 2 is 1.94 bits per heavy atom. The zero-order valence-electron chi connectivity index (χ0n) is 19.9. The Hall–Kier alpha value is -3.23. The summed E-state index contributed by atoms with van der Waals surface area (Å²) in [6.07, 6.45) is 11.0. The molecule has 7 nitrogen and oxygen atoms in total. The van der Waals surface area contributed by atoms with E-state index in [-0.39, 0.29) is 15.8 Å². The van der Waals surface area contributed by atoms with Crippen molar-refractivity contribution in [3.8, 4) is 11.3 Å². The highest BCUT2D eigenvalue weighted by atomic mass is 35.5. The minimum atomic E-state index is -3.64. The van der Waals surface area contributed by atoms with E-state index >= 15 is 0 Å². The summed E-state index contributed by atoms with van der Waals surface area (Å²) in [5.74, 6) is -0.325. The quantitative estimate of drug-likeness (QED) is 0.310. The lowest BCUT2D eigenvalue weighted by molar-refractivity contribution is -0.118. The molecule has 0 radical (unpaired) electrons. The molecule has 0 saturated heterocycles. The van der Waals surface area contributed by atoms with Crippen molar-refractivity contribution in [3.63, 3.8) is 0 Å². The molecule has 1 aliphatic rings. The molecule has 186 valence electrons. The fourth-order valence-corrected chi connectivity index (χ4v) is 6.78. The highest BCUT2D eigenvalue weighted by Crippen LogP contribution is 2.38. The van der Waals surface area contributed by atoms with Crippen molar-refractivity contribution in [2.24, 2.45) is 5.92 Å². The molecule has 2 aromatic heterocycles. The van der Waals surface area contributed by atoms with Gasteiger partial charge in [-0.1, -0.05) is 55.5 Å². The Morgan fingerprint density at radius 3 is 2.67 bits per heavy atom. The maximum absolute atomic E-state index is 13.5. The second-order valence-electron chi connectivity index (χ2n) is 9.42. The van der Waals surface area contributed by atoms with Gasteiger partial charge in [0.2, 0.25) is 5.91 Å². The number of rotatable bonds is 7. The van der Waals surface area contributed by atoms with Crippen LogP contribution in [0.15, 0.2) is 66.0 Å². The van der Waals surface area contributed by atoms with Crippen LogP contribution in [0.1, 0.15) is 43.6 Å². The predicted molar refractivity (Wildman–Crippen MR) is 142 cm³/mol. The van der Waals surface area contributed by atoms with Crippen LogP contribution in [0.25, 0.3) is 22.2 Å². The smallest absolute Gasteiger partial charge is 0.233 e. The summed E-state index contributed by atoms with van der Waals surface area (Å²) in [5.41, 5.74) is 3.08. The van der Waals surface area contributed by atoms with Gasteiger partial charge in [-0.25, -0.2) is 13.4 Å². The molecule has 0 spiro atoms. The summed E-state index contributed by atoms with van der Waals surface area (Å²) in [6, 6.07) is 12.9. The fourth-order valence-electron chi connectivity index (χ4n) is 5.11. The number of sulfone groups is 1. The van der Waals surface area contributed by atoms with Gasteiger partial charge >= 0.3 is 0 Å². The topological polar surface area (TPSA) is 105 Å². The Bertz CT molecular complexity index is 1510. The Balaban J connectivity index is 1.42. The third-order valence-electron chi connectivity index (χ3n) is 6.86. The summed E-state index contributed by atoms with van der Waals surface area (Å²) in [4.78, 5) is 25.6. The van der Waals surface area contributed by atoms with Gasteiger partial charge < -0.3 is 10.3 Å². The monoisotopic (exact) mass is 522 g/mol. The van der Waals surface area contributed by atoms with E-state index in [1.807, 2.05) is 30.5 Å². The van der Waals surface area contributed by atoms with E-state index in [0.29, 0.717) is 29.4 Å². The van der Waals surface area contributed by atoms with Crippen molar-refractivity contribution in [2.75, 3.05) is 11.6 Å². The number of hydrogen-bond donors (Lipinski definition) is 2. The first-order valence-electron chi connectivity index (χ1n) is 12.0. The van der Waals surface area contributed by atoms with Crippen LogP contribution in [-0.4, -0.2) is 35.5 Å². The number of H-pyrrole nitrogens is 1. The van der Waals surface area contributed by atoms with Gasteiger partial charge in [-0.15, -0.1) is 0 Å². The fraction of sp³-hybridized carbons (Fsp3) is 0.296. The van der Waals surface area contributed by atoms with Gasteiger partial charge in [-0.05, 0) is 42.2 Å². The Kier molecular flexibility index (Phi) is 6.81. The lowest BCUT2D eigenvalue weighted by Gasteiger charge is -2.23. The first-order valence-corrected chi connectivity index (χ1v) is 14.3. The van der Waals surface area contributed by atoms with E-state index in [0.717, 1.165) is 48.4 Å². The van der Waals surface area contributed by atoms with Gasteiger partial charge in [0.1, 0.15) is 0 Å². The number of anilines is 1. The average Bonchev–Trinajstić information content (AvgIpc) is 3.53. The lowest BCUT2D eigenvalue weighted by atomic mass is 9.87. The van der Waals surface area contributed by atoms with Crippen LogP contribution < -0.4 is 5.32 Å². The molecule has 1 fully saturated rings. The van der Waals surface area contributed by atoms with E-state index in [1.165, 1.54) is 6.20 Å². The molecule has 5 rings (SSSR count). The van der Waals surface area contributed by atoms with E-state index in [1.54, 1.807) is 24.4 Å². The second-order valence-corrected chi connectivity index (χ2v) is 11.8. The molecule has 1 aliphatic carbocycles. The number of nitrogens with one attached hydrogen (secondary N) is 2. The molecule has 0 aliphatic heterocycles. The van der Waals surface area contributed by atoms with Crippen LogP contribution in [0.5, 0.6) is 0 Å². The SMILES string of the molecule is CS(=O)(=O)c1c(Cl)cccc1C(CC1CCCC1)C(=O)Nc1cnc(-c2ccc3[nH]ccc3c2)cn1. The van der Waals surface area contributed by atoms with Crippen LogP contribution in [0.2, 0.25) is 5.02 Å². The van der Waals surface area contributed by atoms with Gasteiger partial charge in [0.25, 0.3) is 0 Å². The average molecular weight is 523 g/mol. The molecule has 9 heteroatoms. The first kappa shape index (κ1) is 24.5. The van der Waals surface area contributed by atoms with Crippen LogP contribution in [-0.2, 0) is 14.6 Å². The molecule has 1 amide bonds. The minimum absolute atomic E-state index is 0.0198. The molecule has 1 unspecified atom stereocenters. The number of aromatic amines is 1. The summed E-state index contributed by atoms with van der Waals surface area (Å²) in [5, 5.41) is 4.06. The predicted octanol–water partition coefficient (Wildman–Crippen LogP) is 5.98. The van der Waals surface area contributed by atoms with Crippen molar-refractivity contribution < 1.29 is 13.2 Å². The molecule has 1 atom stereocenters. The summed E-state index contributed by atoms with van der Waals surface area (Å²) >= 11 is 6.31. The van der Waals surface area contributed by atoms with Crippen LogP contribution >= 0.6 is 11.6 Å². The molecule has 1 saturated carbocycles. The summed E-state index contributed by atoms with van der Waals surface area (Å²) < 4.78 is 25.2. The van der Waals surface area contributed by atoms with E-state index in [4.69, 9.17) is 11.6 Å². The Morgan fingerprint density at radius 1 is 1.14 bits per heavy atom. The van der Waals surface area contributed by atoms with Gasteiger partial charge in [-0.2, -0.15) is 0 Å². The van der Waals surface area contributed by atoms with Gasteiger partial charge in [-0.3, -0.25) is 9.78 Å². The van der Waals surface area contributed by atoms with Crippen molar-refractivity contribution in [1.29, 1.82) is 0 Å². The standard InChI is InChI=1S/C27H27ClN4O3S/c1-36(34,35)26-20(7-4-8-22(26)28)21(13-17-5-2-3-6-17)27(33)32-25-16-30-24(15-31-25)18-9-10-23-19(14-18)11-12-29-23/h4,7-12,14-17,21,29H,2-3,5-6,13H2,1H3,(H,31,32,33). The first-order chi connectivity index (χ1) is 17.3. The maximum atomic E-state index is 13.5. The number of fused-ring (bicyclic) bond motifs is 1. The molecule has 4 aromatic rings. The summed E-state index contributed by atoms with van der Waals surface area (Å²) in [7, 11) is -3.64. The van der Waals surface area contributed by atoms with Gasteiger partial charge in [0, 0.05) is 28.9 Å². The van der Waals surface area contributed by atoms with Crippen molar-refractivity contribution in [3.05, 3.63) is 71.6 Å². The number of benzene rings is 2. The number of hydrogen-bond acceptors (Lipinski definition) is 5. The summed E-state index contributed by atoms with van der Waals surface area (Å²) in [6.45, 7) is 0. The number of nitrogens with zero attached hydrogens (tertiary/aromatic N) is 2. The third kappa shape index (κ3) is 5.15. The largest absolute Gasteiger partial charge is 0.361 e. The number of aromatic nitrogens is 3. The molecule has 2 aromatic carbocycles. The van der Waals surface area contributed by atoms with Crippen molar-refractivity contribution in [2.45, 2.75) is 42.9 Å². The third-order valence-corrected chi connectivity index (χ3v) is 8.48. The molecule has 36 heavy (non-hydrogen) atoms. The zero-order chi connectivity index (χ0) is 25.3. The molecular formula is C27H27ClN4O3S. The van der Waals surface area contributed by atoms with E-state index < -0.39 is 15.8 Å². The van der Waals surface area contributed by atoms with Crippen molar-refractivity contribution in [1.82, 2.24) is 15.0 Å². The highest BCUT2D eigenvalue weighted by Gasteiger charge is 2.31. The molecular weight excluding hydrogens is 496 g/mol. The molecule has 2 N–H and O–H groups in total. The Labute approximate surface area is 215 Å². The number of carbonyl (C=O) groups excluding carboxylic acids is 1. The normalized spacial score (nSPS) is 15.3. The zero-order valence-corrected chi connectivity index (χ0v) is 21.4.